The molecule has 0 heterocycles. The van der Waals surface area contributed by atoms with Crippen LogP contribution in [0.25, 0.3) is 0 Å². The molecule has 0 spiro atoms. The standard InChI is InChI=1S/C27H44O4/c1-20-18-23(14-10-8-9-12-16-26(4,5)25(29)30)22(3)24(21(20)2)15-11-13-17-27(6,7)31-19-28/h18-19H,8-17H2,1-7H3,(H,29,30). The van der Waals surface area contributed by atoms with E-state index in [1.54, 1.807) is 0 Å². The molecule has 1 rings (SSSR count). The molecule has 0 unspecified atom stereocenters. The number of carboxylic acid groups (broad SMARTS) is 1. The number of ether oxygens (including phenoxy) is 1. The molecule has 0 aliphatic heterocycles. The SMILES string of the molecule is Cc1cc(CCCCCCC(C)(C)C(=O)O)c(C)c(CCCCC(C)(C)OC=O)c1C. The van der Waals surface area contributed by atoms with Crippen molar-refractivity contribution < 1.29 is 19.4 Å². The van der Waals surface area contributed by atoms with E-state index in [0.29, 0.717) is 6.47 Å². The lowest BCUT2D eigenvalue weighted by Gasteiger charge is -2.22. The second-order valence-electron chi connectivity index (χ2n) is 10.4. The fourth-order valence-electron chi connectivity index (χ4n) is 4.21. The Bertz CT molecular complexity index is 731. The molecule has 0 amide bonds. The van der Waals surface area contributed by atoms with Crippen LogP contribution < -0.4 is 0 Å². The third-order valence-corrected chi connectivity index (χ3v) is 6.77. The summed E-state index contributed by atoms with van der Waals surface area (Å²) in [6.07, 6.45) is 10.2. The topological polar surface area (TPSA) is 63.6 Å². The minimum Gasteiger partial charge on any atom is -0.481 e. The molecule has 1 aromatic rings. The molecule has 0 atom stereocenters. The number of aryl methyl sites for hydroxylation is 2. The van der Waals surface area contributed by atoms with Crippen LogP contribution in [0.1, 0.15) is 107 Å². The lowest BCUT2D eigenvalue weighted by Crippen LogP contribution is -2.23. The third kappa shape index (κ3) is 9.04. The fourth-order valence-corrected chi connectivity index (χ4v) is 4.21. The molecule has 0 saturated carbocycles. The highest BCUT2D eigenvalue weighted by Crippen LogP contribution is 2.27. The summed E-state index contributed by atoms with van der Waals surface area (Å²) in [6, 6.07) is 2.35. The molecular formula is C27H44O4. The van der Waals surface area contributed by atoms with E-state index in [0.717, 1.165) is 64.2 Å². The van der Waals surface area contributed by atoms with Crippen LogP contribution in [-0.4, -0.2) is 23.1 Å². The number of carbonyl (C=O) groups is 2. The largest absolute Gasteiger partial charge is 0.481 e. The Morgan fingerprint density at radius 1 is 0.903 bits per heavy atom. The van der Waals surface area contributed by atoms with Crippen LogP contribution in [0.2, 0.25) is 0 Å². The Morgan fingerprint density at radius 2 is 1.48 bits per heavy atom. The smallest absolute Gasteiger partial charge is 0.309 e. The van der Waals surface area contributed by atoms with Gasteiger partial charge in [-0.25, -0.2) is 0 Å². The number of hydrogen-bond acceptors (Lipinski definition) is 3. The zero-order chi connectivity index (χ0) is 23.7. The summed E-state index contributed by atoms with van der Waals surface area (Å²) in [5.41, 5.74) is 6.13. The average molecular weight is 433 g/mol. The monoisotopic (exact) mass is 432 g/mol. The van der Waals surface area contributed by atoms with E-state index in [2.05, 4.69) is 26.8 Å². The zero-order valence-electron chi connectivity index (χ0n) is 20.9. The van der Waals surface area contributed by atoms with Gasteiger partial charge in [0.05, 0.1) is 5.41 Å². The van der Waals surface area contributed by atoms with Crippen LogP contribution in [-0.2, 0) is 27.2 Å². The van der Waals surface area contributed by atoms with Crippen molar-refractivity contribution in [2.75, 3.05) is 0 Å². The van der Waals surface area contributed by atoms with Gasteiger partial charge in [-0.15, -0.1) is 0 Å². The van der Waals surface area contributed by atoms with E-state index in [9.17, 15) is 14.7 Å². The van der Waals surface area contributed by atoms with Gasteiger partial charge in [0.15, 0.2) is 0 Å². The molecule has 176 valence electrons. The zero-order valence-corrected chi connectivity index (χ0v) is 20.9. The van der Waals surface area contributed by atoms with Gasteiger partial charge in [-0.2, -0.15) is 0 Å². The molecule has 0 radical (unpaired) electrons. The normalized spacial score (nSPS) is 12.1. The molecule has 0 fully saturated rings. The van der Waals surface area contributed by atoms with Crippen molar-refractivity contribution in [3.05, 3.63) is 33.9 Å². The highest BCUT2D eigenvalue weighted by molar-refractivity contribution is 5.73. The Morgan fingerprint density at radius 3 is 2.10 bits per heavy atom. The number of benzene rings is 1. The van der Waals surface area contributed by atoms with Crippen molar-refractivity contribution in [3.63, 3.8) is 0 Å². The van der Waals surface area contributed by atoms with Gasteiger partial charge in [0.2, 0.25) is 0 Å². The summed E-state index contributed by atoms with van der Waals surface area (Å²) in [4.78, 5) is 21.8. The Balaban J connectivity index is 2.57. The van der Waals surface area contributed by atoms with E-state index >= 15 is 0 Å². The minimum absolute atomic E-state index is 0.386. The molecule has 1 aromatic carbocycles. The maximum Gasteiger partial charge on any atom is 0.309 e. The summed E-state index contributed by atoms with van der Waals surface area (Å²) in [7, 11) is 0. The third-order valence-electron chi connectivity index (χ3n) is 6.77. The minimum atomic E-state index is -0.703. The summed E-state index contributed by atoms with van der Waals surface area (Å²) in [6.45, 7) is 14.8. The molecule has 4 heteroatoms. The number of rotatable bonds is 15. The van der Waals surface area contributed by atoms with Crippen molar-refractivity contribution in [2.24, 2.45) is 5.41 Å². The highest BCUT2D eigenvalue weighted by atomic mass is 16.5. The first-order valence-corrected chi connectivity index (χ1v) is 11.8. The second kappa shape index (κ2) is 12.3. The summed E-state index contributed by atoms with van der Waals surface area (Å²) in [5.74, 6) is -0.703. The number of hydrogen-bond donors (Lipinski definition) is 1. The molecule has 4 nitrogen and oxygen atoms in total. The van der Waals surface area contributed by atoms with Crippen molar-refractivity contribution >= 4 is 12.4 Å². The maximum atomic E-state index is 11.2. The van der Waals surface area contributed by atoms with E-state index in [1.807, 2.05) is 27.7 Å². The van der Waals surface area contributed by atoms with Crippen LogP contribution in [0, 0.1) is 26.2 Å². The number of unbranched alkanes of at least 4 members (excludes halogenated alkanes) is 4. The van der Waals surface area contributed by atoms with Gasteiger partial charge in [0.1, 0.15) is 5.60 Å². The summed E-state index contributed by atoms with van der Waals surface area (Å²) >= 11 is 0. The molecule has 0 bridgehead atoms. The van der Waals surface area contributed by atoms with Crippen LogP contribution in [0.15, 0.2) is 6.07 Å². The number of carbonyl (C=O) groups excluding carboxylic acids is 1. The first kappa shape index (κ1) is 27.2. The van der Waals surface area contributed by atoms with Gasteiger partial charge in [-0.1, -0.05) is 25.3 Å². The fraction of sp³-hybridized carbons (Fsp3) is 0.704. The lowest BCUT2D eigenvalue weighted by molar-refractivity contribution is -0.147. The quantitative estimate of drug-likeness (QED) is 0.242. The Hall–Kier alpha value is -1.84. The predicted molar refractivity (Wildman–Crippen MR) is 128 cm³/mol. The predicted octanol–water partition coefficient (Wildman–Crippen LogP) is 6.88. The van der Waals surface area contributed by atoms with Gasteiger partial charge in [0.25, 0.3) is 6.47 Å². The summed E-state index contributed by atoms with van der Waals surface area (Å²) in [5, 5.41) is 9.22. The Labute approximate surface area is 189 Å². The van der Waals surface area contributed by atoms with E-state index in [4.69, 9.17) is 4.74 Å². The Kier molecular flexibility index (Phi) is 10.8. The van der Waals surface area contributed by atoms with Crippen LogP contribution in [0.3, 0.4) is 0 Å². The van der Waals surface area contributed by atoms with Crippen LogP contribution in [0.4, 0.5) is 0 Å². The van der Waals surface area contributed by atoms with Crippen molar-refractivity contribution in [1.29, 1.82) is 0 Å². The summed E-state index contributed by atoms with van der Waals surface area (Å²) < 4.78 is 5.16. The molecular weight excluding hydrogens is 388 g/mol. The van der Waals surface area contributed by atoms with Crippen LogP contribution in [0.5, 0.6) is 0 Å². The van der Waals surface area contributed by atoms with E-state index < -0.39 is 11.4 Å². The van der Waals surface area contributed by atoms with Crippen molar-refractivity contribution in [3.8, 4) is 0 Å². The highest BCUT2D eigenvalue weighted by Gasteiger charge is 2.26. The van der Waals surface area contributed by atoms with Crippen molar-refractivity contribution in [2.45, 2.75) is 118 Å². The first-order valence-electron chi connectivity index (χ1n) is 11.8. The second-order valence-corrected chi connectivity index (χ2v) is 10.4. The number of carboxylic acids is 1. The lowest BCUT2D eigenvalue weighted by atomic mass is 9.86. The molecule has 1 N–H and O–H groups in total. The molecule has 0 saturated heterocycles. The van der Waals surface area contributed by atoms with Gasteiger partial charge in [-0.3, -0.25) is 9.59 Å². The molecule has 31 heavy (non-hydrogen) atoms. The van der Waals surface area contributed by atoms with E-state index in [-0.39, 0.29) is 5.60 Å². The van der Waals surface area contributed by atoms with Crippen molar-refractivity contribution in [1.82, 2.24) is 0 Å². The molecule has 0 aromatic heterocycles. The van der Waals surface area contributed by atoms with Gasteiger partial charge >= 0.3 is 5.97 Å². The average Bonchev–Trinajstić information content (AvgIpc) is 2.67. The molecule has 0 aliphatic rings. The van der Waals surface area contributed by atoms with Gasteiger partial charge in [-0.05, 0) is 121 Å². The first-order chi connectivity index (χ1) is 14.4. The van der Waals surface area contributed by atoms with E-state index in [1.165, 1.54) is 27.8 Å². The van der Waals surface area contributed by atoms with Crippen LogP contribution >= 0.6 is 0 Å². The maximum absolute atomic E-state index is 11.2. The molecule has 0 aliphatic carbocycles. The number of aliphatic carboxylic acids is 1. The van der Waals surface area contributed by atoms with Gasteiger partial charge < -0.3 is 9.84 Å². The van der Waals surface area contributed by atoms with Gasteiger partial charge in [0, 0.05) is 0 Å².